The molecule has 0 N–H and O–H groups in total. The summed E-state index contributed by atoms with van der Waals surface area (Å²) in [6.07, 6.45) is 0. The number of hydrogen-bond donors (Lipinski definition) is 0. The number of aromatic nitrogens is 4. The van der Waals surface area contributed by atoms with Crippen LogP contribution in [-0.2, 0) is 0 Å². The van der Waals surface area contributed by atoms with Gasteiger partial charge in [0.15, 0.2) is 5.15 Å². The van der Waals surface area contributed by atoms with Gasteiger partial charge in [0.1, 0.15) is 17.2 Å². The molecule has 0 radical (unpaired) electrons. The van der Waals surface area contributed by atoms with E-state index in [-0.39, 0.29) is 5.82 Å². The van der Waals surface area contributed by atoms with Gasteiger partial charge in [-0.1, -0.05) is 23.7 Å². The van der Waals surface area contributed by atoms with Crippen molar-refractivity contribution in [2.24, 2.45) is 0 Å². The second-order valence-electron chi connectivity index (χ2n) is 5.47. The molecular formula is C18H12ClFN4. The molecule has 4 rings (SSSR count). The molecule has 4 nitrogen and oxygen atoms in total. The average Bonchev–Trinajstić information content (AvgIpc) is 2.95. The summed E-state index contributed by atoms with van der Waals surface area (Å²) in [7, 11) is 0. The third kappa shape index (κ3) is 2.53. The Morgan fingerprint density at radius 2 is 1.75 bits per heavy atom. The van der Waals surface area contributed by atoms with Crippen LogP contribution in [0.25, 0.3) is 28.0 Å². The third-order valence-electron chi connectivity index (χ3n) is 3.79. The minimum Gasteiger partial charge on any atom is -0.231 e. The lowest BCUT2D eigenvalue weighted by Gasteiger charge is -2.06. The Hall–Kier alpha value is -2.79. The lowest BCUT2D eigenvalue weighted by molar-refractivity contribution is 0.628. The van der Waals surface area contributed by atoms with E-state index in [1.54, 1.807) is 24.3 Å². The molecule has 0 aliphatic rings. The minimum atomic E-state index is -0.274. The fraction of sp³-hybridized carbons (Fsp3) is 0.0556. The molecule has 3 heterocycles. The normalized spacial score (nSPS) is 11.1. The van der Waals surface area contributed by atoms with Gasteiger partial charge in [-0.15, -0.1) is 10.2 Å². The van der Waals surface area contributed by atoms with Crippen LogP contribution in [0.15, 0.2) is 54.6 Å². The van der Waals surface area contributed by atoms with E-state index < -0.39 is 0 Å². The molecule has 0 saturated heterocycles. The van der Waals surface area contributed by atoms with E-state index in [0.717, 1.165) is 28.0 Å². The van der Waals surface area contributed by atoms with Crippen molar-refractivity contribution >= 4 is 17.1 Å². The summed E-state index contributed by atoms with van der Waals surface area (Å²) in [5.74, 6) is -0.274. The molecular weight excluding hydrogens is 327 g/mol. The maximum absolute atomic E-state index is 13.3. The van der Waals surface area contributed by atoms with Crippen molar-refractivity contribution in [2.45, 2.75) is 6.92 Å². The van der Waals surface area contributed by atoms with Crippen LogP contribution in [-0.4, -0.2) is 19.8 Å². The van der Waals surface area contributed by atoms with E-state index in [4.69, 9.17) is 11.6 Å². The van der Waals surface area contributed by atoms with Gasteiger partial charge in [0, 0.05) is 5.56 Å². The number of aryl methyl sites for hydroxylation is 1. The van der Waals surface area contributed by atoms with Crippen molar-refractivity contribution in [1.82, 2.24) is 19.8 Å². The third-order valence-corrected chi connectivity index (χ3v) is 3.99. The van der Waals surface area contributed by atoms with Gasteiger partial charge < -0.3 is 0 Å². The Morgan fingerprint density at radius 1 is 0.958 bits per heavy atom. The van der Waals surface area contributed by atoms with Crippen molar-refractivity contribution in [3.8, 4) is 22.5 Å². The molecule has 6 heteroatoms. The van der Waals surface area contributed by atoms with Gasteiger partial charge in [-0.05, 0) is 55.0 Å². The maximum Gasteiger partial charge on any atom is 0.151 e. The fourth-order valence-electron chi connectivity index (χ4n) is 2.68. The second-order valence-corrected chi connectivity index (χ2v) is 5.85. The first-order chi connectivity index (χ1) is 11.6. The fourth-order valence-corrected chi connectivity index (χ4v) is 2.78. The number of fused-ring (bicyclic) bond motifs is 1. The van der Waals surface area contributed by atoms with Crippen molar-refractivity contribution in [3.05, 3.63) is 71.3 Å². The molecule has 1 aromatic carbocycles. The van der Waals surface area contributed by atoms with Crippen LogP contribution < -0.4 is 0 Å². The molecule has 0 unspecified atom stereocenters. The van der Waals surface area contributed by atoms with Crippen molar-refractivity contribution in [2.75, 3.05) is 0 Å². The van der Waals surface area contributed by atoms with Gasteiger partial charge in [-0.25, -0.2) is 8.91 Å². The highest BCUT2D eigenvalue weighted by atomic mass is 35.5. The second kappa shape index (κ2) is 5.69. The van der Waals surface area contributed by atoms with Crippen LogP contribution >= 0.6 is 11.6 Å². The molecule has 3 aromatic heterocycles. The molecule has 0 saturated carbocycles. The summed E-state index contributed by atoms with van der Waals surface area (Å²) in [4.78, 5) is 0. The van der Waals surface area contributed by atoms with E-state index >= 15 is 0 Å². The monoisotopic (exact) mass is 338 g/mol. The van der Waals surface area contributed by atoms with Crippen LogP contribution in [0.4, 0.5) is 4.39 Å². The minimum absolute atomic E-state index is 0.274. The topological polar surface area (TPSA) is 43.1 Å². The molecule has 0 spiro atoms. The largest absolute Gasteiger partial charge is 0.231 e. The van der Waals surface area contributed by atoms with Crippen molar-refractivity contribution < 1.29 is 4.39 Å². The molecule has 118 valence electrons. The number of benzene rings is 1. The SMILES string of the molecule is Cc1ccc2cc(-c3ccc(F)cc3)c(-c3ccc(Cl)nn3)n2n1. The van der Waals surface area contributed by atoms with E-state index in [0.29, 0.717) is 10.8 Å². The zero-order chi connectivity index (χ0) is 16.7. The van der Waals surface area contributed by atoms with Crippen LogP contribution in [0.2, 0.25) is 5.15 Å². The van der Waals surface area contributed by atoms with Crippen LogP contribution in [0, 0.1) is 12.7 Å². The molecule has 24 heavy (non-hydrogen) atoms. The summed E-state index contributed by atoms with van der Waals surface area (Å²) in [6.45, 7) is 1.92. The molecule has 0 bridgehead atoms. The summed E-state index contributed by atoms with van der Waals surface area (Å²) < 4.78 is 15.1. The lowest BCUT2D eigenvalue weighted by atomic mass is 10.0. The van der Waals surface area contributed by atoms with Crippen LogP contribution in [0.5, 0.6) is 0 Å². The van der Waals surface area contributed by atoms with Gasteiger partial charge in [0.25, 0.3) is 0 Å². The summed E-state index contributed by atoms with van der Waals surface area (Å²) in [5, 5.41) is 13.0. The average molecular weight is 339 g/mol. The van der Waals surface area contributed by atoms with E-state index in [2.05, 4.69) is 15.3 Å². The Bertz CT molecular complexity index is 1020. The molecule has 4 aromatic rings. The van der Waals surface area contributed by atoms with Gasteiger partial charge in [-0.3, -0.25) is 0 Å². The first-order valence-electron chi connectivity index (χ1n) is 7.37. The highest BCUT2D eigenvalue weighted by Gasteiger charge is 2.17. The quantitative estimate of drug-likeness (QED) is 0.538. The molecule has 0 fully saturated rings. The van der Waals surface area contributed by atoms with E-state index in [1.807, 2.05) is 29.6 Å². The summed E-state index contributed by atoms with van der Waals surface area (Å²) in [6, 6.07) is 15.8. The number of halogens is 2. The predicted molar refractivity (Wildman–Crippen MR) is 91.4 cm³/mol. The molecule has 0 aliphatic heterocycles. The van der Waals surface area contributed by atoms with Crippen molar-refractivity contribution in [3.63, 3.8) is 0 Å². The smallest absolute Gasteiger partial charge is 0.151 e. The standard InChI is InChI=1S/C18H12ClFN4/c1-11-2-7-14-10-15(12-3-5-13(20)6-4-12)18(24(14)23-11)16-8-9-17(19)22-21-16/h2-10H,1H3. The van der Waals surface area contributed by atoms with Gasteiger partial charge in [-0.2, -0.15) is 5.10 Å². The zero-order valence-electron chi connectivity index (χ0n) is 12.7. The summed E-state index contributed by atoms with van der Waals surface area (Å²) >= 11 is 5.85. The maximum atomic E-state index is 13.3. The Balaban J connectivity index is 2.03. The van der Waals surface area contributed by atoms with E-state index in [1.165, 1.54) is 12.1 Å². The lowest BCUT2D eigenvalue weighted by Crippen LogP contribution is -1.98. The van der Waals surface area contributed by atoms with Crippen molar-refractivity contribution in [1.29, 1.82) is 0 Å². The van der Waals surface area contributed by atoms with Gasteiger partial charge in [0.2, 0.25) is 0 Å². The summed E-state index contributed by atoms with van der Waals surface area (Å²) in [5.41, 5.74) is 5.04. The Morgan fingerprint density at radius 3 is 2.46 bits per heavy atom. The number of rotatable bonds is 2. The molecule has 0 aliphatic carbocycles. The zero-order valence-corrected chi connectivity index (χ0v) is 13.5. The Labute approximate surface area is 142 Å². The highest BCUT2D eigenvalue weighted by Crippen LogP contribution is 2.34. The van der Waals surface area contributed by atoms with Crippen LogP contribution in [0.3, 0.4) is 0 Å². The number of nitrogens with zero attached hydrogens (tertiary/aromatic N) is 4. The van der Waals surface area contributed by atoms with Gasteiger partial charge >= 0.3 is 0 Å². The molecule has 0 amide bonds. The first kappa shape index (κ1) is 14.8. The predicted octanol–water partition coefficient (Wildman–Crippen LogP) is 4.56. The van der Waals surface area contributed by atoms with Gasteiger partial charge in [0.05, 0.1) is 11.2 Å². The van der Waals surface area contributed by atoms with E-state index in [9.17, 15) is 4.39 Å². The first-order valence-corrected chi connectivity index (χ1v) is 7.74. The number of hydrogen-bond acceptors (Lipinski definition) is 3. The molecule has 0 atom stereocenters. The highest BCUT2D eigenvalue weighted by molar-refractivity contribution is 6.29. The Kier molecular flexibility index (Phi) is 3.50. The van der Waals surface area contributed by atoms with Crippen LogP contribution in [0.1, 0.15) is 5.69 Å².